The first-order valence-electron chi connectivity index (χ1n) is 12.5. The lowest BCUT2D eigenvalue weighted by molar-refractivity contribution is 1.05. The van der Waals surface area contributed by atoms with Gasteiger partial charge in [0.25, 0.3) is 0 Å². The number of nitrogens with one attached hydrogen (secondary N) is 2. The molecule has 0 amide bonds. The van der Waals surface area contributed by atoms with Crippen LogP contribution in [0.25, 0.3) is 44.9 Å². The number of hydrogen-bond acceptors (Lipinski definition) is 2. The Kier molecular flexibility index (Phi) is 4.70. The van der Waals surface area contributed by atoms with Crippen LogP contribution in [-0.2, 0) is 19.3 Å². The number of aromatic amines is 2. The van der Waals surface area contributed by atoms with Crippen LogP contribution in [0.2, 0.25) is 0 Å². The van der Waals surface area contributed by atoms with Gasteiger partial charge in [-0.15, -0.1) is 0 Å². The predicted octanol–water partition coefficient (Wildman–Crippen LogP) is 7.49. The smallest absolute Gasteiger partial charge is 0.0726 e. The lowest BCUT2D eigenvalue weighted by Gasteiger charge is -1.97. The Morgan fingerprint density at radius 1 is 0.735 bits per heavy atom. The molecule has 0 spiro atoms. The van der Waals surface area contributed by atoms with E-state index in [4.69, 9.17) is 9.97 Å². The van der Waals surface area contributed by atoms with Crippen LogP contribution in [0.5, 0.6) is 0 Å². The van der Waals surface area contributed by atoms with Crippen LogP contribution in [0, 0.1) is 13.8 Å². The number of H-pyrrole nitrogens is 2. The number of allylic oxidation sites excluding steroid dienone is 3. The SMILES string of the molecule is CCc1c(C)c2cc3[nH]c(cc4nc(c5c6nc(cc1[nH]2)C(C)=C6CC5)C=C4C)c(C)c3CC. The summed E-state index contributed by atoms with van der Waals surface area (Å²) in [5.41, 5.74) is 19.6. The molecule has 172 valence electrons. The van der Waals surface area contributed by atoms with Crippen LogP contribution in [0.1, 0.15) is 84.7 Å². The number of nitrogens with zero attached hydrogens (tertiary/aromatic N) is 2. The molecule has 3 aromatic heterocycles. The maximum absolute atomic E-state index is 5.16. The lowest BCUT2D eigenvalue weighted by Crippen LogP contribution is -1.88. The van der Waals surface area contributed by atoms with Crippen molar-refractivity contribution >= 4 is 44.9 Å². The van der Waals surface area contributed by atoms with Gasteiger partial charge in [-0.05, 0) is 117 Å². The molecule has 3 aromatic rings. The third-order valence-corrected chi connectivity index (χ3v) is 8.03. The van der Waals surface area contributed by atoms with Gasteiger partial charge in [0.15, 0.2) is 0 Å². The molecule has 5 heterocycles. The molecule has 0 fully saturated rings. The van der Waals surface area contributed by atoms with Crippen molar-refractivity contribution < 1.29 is 0 Å². The normalized spacial score (nSPS) is 14.8. The maximum atomic E-state index is 5.16. The van der Waals surface area contributed by atoms with Crippen molar-refractivity contribution in [3.8, 4) is 0 Å². The van der Waals surface area contributed by atoms with Gasteiger partial charge in [0.2, 0.25) is 0 Å². The molecule has 3 aliphatic rings. The van der Waals surface area contributed by atoms with Gasteiger partial charge in [-0.1, -0.05) is 13.8 Å². The van der Waals surface area contributed by atoms with Crippen molar-refractivity contribution in [2.24, 2.45) is 0 Å². The van der Waals surface area contributed by atoms with Gasteiger partial charge in [0.05, 0.1) is 22.8 Å². The van der Waals surface area contributed by atoms with Crippen LogP contribution >= 0.6 is 0 Å². The fraction of sp³-hybridized carbons (Fsp3) is 0.333. The van der Waals surface area contributed by atoms with Crippen molar-refractivity contribution in [3.63, 3.8) is 0 Å². The lowest BCUT2D eigenvalue weighted by atomic mass is 10.1. The number of aromatic nitrogens is 4. The van der Waals surface area contributed by atoms with Gasteiger partial charge in [0, 0.05) is 27.6 Å². The zero-order valence-corrected chi connectivity index (χ0v) is 21.0. The maximum Gasteiger partial charge on any atom is 0.0726 e. The minimum atomic E-state index is 0.986. The van der Waals surface area contributed by atoms with E-state index in [1.54, 1.807) is 0 Å². The Morgan fingerprint density at radius 3 is 2.03 bits per heavy atom. The van der Waals surface area contributed by atoms with E-state index in [1.165, 1.54) is 61.1 Å². The molecule has 4 heteroatoms. The Bertz CT molecular complexity index is 1600. The molecule has 2 aliphatic heterocycles. The summed E-state index contributed by atoms with van der Waals surface area (Å²) >= 11 is 0. The van der Waals surface area contributed by atoms with Crippen LogP contribution in [-0.4, -0.2) is 19.9 Å². The molecule has 1 aliphatic carbocycles. The van der Waals surface area contributed by atoms with Crippen molar-refractivity contribution in [1.82, 2.24) is 19.9 Å². The van der Waals surface area contributed by atoms with Gasteiger partial charge in [-0.25, -0.2) is 9.97 Å². The second-order valence-electron chi connectivity index (χ2n) is 9.89. The summed E-state index contributed by atoms with van der Waals surface area (Å²) in [5.74, 6) is 0. The minimum absolute atomic E-state index is 0.986. The van der Waals surface area contributed by atoms with E-state index in [0.717, 1.165) is 54.0 Å². The quantitative estimate of drug-likeness (QED) is 0.426. The van der Waals surface area contributed by atoms with E-state index in [1.807, 2.05) is 0 Å². The third kappa shape index (κ3) is 2.97. The number of fused-ring (bicyclic) bond motifs is 8. The van der Waals surface area contributed by atoms with Crippen molar-refractivity contribution in [1.29, 1.82) is 0 Å². The first-order valence-corrected chi connectivity index (χ1v) is 12.5. The van der Waals surface area contributed by atoms with E-state index in [-0.39, 0.29) is 0 Å². The monoisotopic (exact) mass is 448 g/mol. The van der Waals surface area contributed by atoms with E-state index in [2.05, 4.69) is 75.8 Å². The summed E-state index contributed by atoms with van der Waals surface area (Å²) in [7, 11) is 0. The van der Waals surface area contributed by atoms with Gasteiger partial charge in [0.1, 0.15) is 0 Å². The van der Waals surface area contributed by atoms with Gasteiger partial charge in [-0.2, -0.15) is 0 Å². The second-order valence-corrected chi connectivity index (χ2v) is 9.89. The van der Waals surface area contributed by atoms with Crippen LogP contribution in [0.15, 0.2) is 18.2 Å². The number of rotatable bonds is 2. The topological polar surface area (TPSA) is 57.4 Å². The Hall–Kier alpha value is -3.40. The van der Waals surface area contributed by atoms with E-state index >= 15 is 0 Å². The molecule has 8 bridgehead atoms. The van der Waals surface area contributed by atoms with Gasteiger partial charge >= 0.3 is 0 Å². The largest absolute Gasteiger partial charge is 0.355 e. The van der Waals surface area contributed by atoms with Crippen molar-refractivity contribution in [2.45, 2.75) is 67.2 Å². The summed E-state index contributed by atoms with van der Waals surface area (Å²) in [4.78, 5) is 17.7. The average Bonchev–Trinajstić information content (AvgIpc) is 3.58. The van der Waals surface area contributed by atoms with Gasteiger partial charge < -0.3 is 9.97 Å². The molecular formula is C30H32N4. The molecule has 4 nitrogen and oxygen atoms in total. The van der Waals surface area contributed by atoms with E-state index in [0.29, 0.717) is 0 Å². The standard InChI is InChI=1S/C30H32N4/c1-7-19-16(4)24-12-23-15(3)11-27(31-23)22-10-9-21-18(6)26(34-30(21)22)14-29-20(8-2)17(5)25(33-29)13-28(19)32-24/h11-14,32-33H,7-10H2,1-6H3. The fourth-order valence-corrected chi connectivity index (χ4v) is 5.97. The molecule has 0 saturated carbocycles. The first-order chi connectivity index (χ1) is 16.4. The molecular weight excluding hydrogens is 416 g/mol. The highest BCUT2D eigenvalue weighted by molar-refractivity contribution is 5.96. The minimum Gasteiger partial charge on any atom is -0.355 e. The molecule has 6 rings (SSSR count). The Morgan fingerprint density at radius 2 is 1.35 bits per heavy atom. The highest BCUT2D eigenvalue weighted by Gasteiger charge is 2.27. The second kappa shape index (κ2) is 7.56. The predicted molar refractivity (Wildman–Crippen MR) is 144 cm³/mol. The summed E-state index contributed by atoms with van der Waals surface area (Å²) < 4.78 is 0. The summed E-state index contributed by atoms with van der Waals surface area (Å²) in [5, 5.41) is 0. The highest BCUT2D eigenvalue weighted by atomic mass is 14.8. The van der Waals surface area contributed by atoms with Crippen molar-refractivity contribution in [2.75, 3.05) is 0 Å². The average molecular weight is 449 g/mol. The van der Waals surface area contributed by atoms with Crippen LogP contribution in [0.3, 0.4) is 0 Å². The van der Waals surface area contributed by atoms with Gasteiger partial charge in [-0.3, -0.25) is 0 Å². The zero-order chi connectivity index (χ0) is 23.7. The zero-order valence-electron chi connectivity index (χ0n) is 21.0. The summed E-state index contributed by atoms with van der Waals surface area (Å²) in [6.45, 7) is 13.3. The first kappa shape index (κ1) is 21.2. The molecule has 0 atom stereocenters. The Labute approximate surface area is 200 Å². The fourth-order valence-electron chi connectivity index (χ4n) is 5.97. The molecule has 0 radical (unpaired) electrons. The molecule has 34 heavy (non-hydrogen) atoms. The van der Waals surface area contributed by atoms with Crippen molar-refractivity contribution in [3.05, 3.63) is 68.8 Å². The number of aryl methyl sites for hydroxylation is 4. The van der Waals surface area contributed by atoms with E-state index in [9.17, 15) is 0 Å². The molecule has 0 aromatic carbocycles. The number of hydrogen-bond donors (Lipinski definition) is 2. The highest BCUT2D eigenvalue weighted by Crippen LogP contribution is 2.42. The Balaban J connectivity index is 1.82. The summed E-state index contributed by atoms with van der Waals surface area (Å²) in [6, 6.07) is 6.77. The van der Waals surface area contributed by atoms with E-state index < -0.39 is 0 Å². The molecule has 0 unspecified atom stereocenters. The van der Waals surface area contributed by atoms with Crippen LogP contribution < -0.4 is 0 Å². The van der Waals surface area contributed by atoms with Crippen LogP contribution in [0.4, 0.5) is 0 Å². The summed E-state index contributed by atoms with van der Waals surface area (Å²) in [6.07, 6.45) is 6.27. The molecule has 0 saturated heterocycles. The molecule has 2 N–H and O–H groups in total. The third-order valence-electron chi connectivity index (χ3n) is 8.03.